The number of aliphatic carboxylic acids is 1. The van der Waals surface area contributed by atoms with E-state index in [1.54, 1.807) is 6.20 Å². The van der Waals surface area contributed by atoms with Crippen LogP contribution >= 0.6 is 0 Å². The van der Waals surface area contributed by atoms with Crippen LogP contribution in [0.4, 0.5) is 5.82 Å². The van der Waals surface area contributed by atoms with Gasteiger partial charge in [0.2, 0.25) is 0 Å². The Labute approximate surface area is 107 Å². The average molecular weight is 248 g/mol. The van der Waals surface area contributed by atoms with Crippen molar-refractivity contribution in [3.63, 3.8) is 0 Å². The van der Waals surface area contributed by atoms with Gasteiger partial charge in [-0.1, -0.05) is 19.9 Å². The highest BCUT2D eigenvalue weighted by atomic mass is 16.4. The van der Waals surface area contributed by atoms with E-state index in [4.69, 9.17) is 5.73 Å². The molecule has 3 N–H and O–H groups in total. The van der Waals surface area contributed by atoms with Gasteiger partial charge in [-0.05, 0) is 36.3 Å². The Morgan fingerprint density at radius 1 is 1.56 bits per heavy atom. The normalized spacial score (nSPS) is 26.8. The lowest BCUT2D eigenvalue weighted by Gasteiger charge is -2.39. The molecule has 0 amide bonds. The van der Waals surface area contributed by atoms with Crippen molar-refractivity contribution in [2.24, 2.45) is 11.3 Å². The molecule has 2 atom stereocenters. The van der Waals surface area contributed by atoms with E-state index in [1.807, 2.05) is 12.1 Å². The molecule has 0 spiro atoms. The summed E-state index contributed by atoms with van der Waals surface area (Å²) in [5.41, 5.74) is 6.95. The molecule has 1 aliphatic carbocycles. The van der Waals surface area contributed by atoms with Crippen molar-refractivity contribution in [2.75, 3.05) is 5.73 Å². The first-order valence-electron chi connectivity index (χ1n) is 6.34. The van der Waals surface area contributed by atoms with E-state index in [0.717, 1.165) is 18.4 Å². The molecule has 0 bridgehead atoms. The quantitative estimate of drug-likeness (QED) is 0.843. The van der Waals surface area contributed by atoms with Crippen LogP contribution in [-0.2, 0) is 4.79 Å². The third kappa shape index (κ3) is 2.47. The van der Waals surface area contributed by atoms with Crippen LogP contribution in [0.25, 0.3) is 0 Å². The molecule has 2 unspecified atom stereocenters. The van der Waals surface area contributed by atoms with E-state index in [2.05, 4.69) is 18.8 Å². The smallest absolute Gasteiger partial charge is 0.307 e. The van der Waals surface area contributed by atoms with E-state index in [1.165, 1.54) is 0 Å². The zero-order valence-corrected chi connectivity index (χ0v) is 10.9. The fourth-order valence-corrected chi connectivity index (χ4v) is 2.95. The zero-order valence-electron chi connectivity index (χ0n) is 10.9. The SMILES string of the molecule is CC1(C)CCC(C(=O)O)C(c2cccnc2N)C1. The highest BCUT2D eigenvalue weighted by Gasteiger charge is 2.40. The Hall–Kier alpha value is -1.58. The fraction of sp³-hybridized carbons (Fsp3) is 0.571. The molecule has 1 aromatic heterocycles. The molecule has 1 aromatic rings. The van der Waals surface area contributed by atoms with Crippen molar-refractivity contribution < 1.29 is 9.90 Å². The predicted octanol–water partition coefficient (Wildman–Crippen LogP) is 2.66. The van der Waals surface area contributed by atoms with Crippen LogP contribution in [0.2, 0.25) is 0 Å². The summed E-state index contributed by atoms with van der Waals surface area (Å²) in [6.07, 6.45) is 4.14. The number of rotatable bonds is 2. The molecule has 1 saturated carbocycles. The van der Waals surface area contributed by atoms with Gasteiger partial charge >= 0.3 is 5.97 Å². The highest BCUT2D eigenvalue weighted by Crippen LogP contribution is 2.47. The minimum absolute atomic E-state index is 0.0278. The minimum atomic E-state index is -0.723. The molecule has 18 heavy (non-hydrogen) atoms. The number of nitrogens with two attached hydrogens (primary N) is 1. The van der Waals surface area contributed by atoms with Crippen LogP contribution in [0.1, 0.15) is 44.6 Å². The number of nitrogens with zero attached hydrogens (tertiary/aromatic N) is 1. The fourth-order valence-electron chi connectivity index (χ4n) is 2.95. The van der Waals surface area contributed by atoms with Crippen molar-refractivity contribution >= 4 is 11.8 Å². The van der Waals surface area contributed by atoms with Gasteiger partial charge in [0.15, 0.2) is 0 Å². The third-order valence-corrected chi connectivity index (χ3v) is 3.98. The predicted molar refractivity (Wildman–Crippen MR) is 70.1 cm³/mol. The molecule has 2 rings (SSSR count). The van der Waals surface area contributed by atoms with Crippen LogP contribution in [0.3, 0.4) is 0 Å². The molecule has 1 heterocycles. The number of carboxylic acid groups (broad SMARTS) is 1. The third-order valence-electron chi connectivity index (χ3n) is 3.98. The van der Waals surface area contributed by atoms with Crippen molar-refractivity contribution in [2.45, 2.75) is 39.0 Å². The second kappa shape index (κ2) is 4.59. The molecule has 4 nitrogen and oxygen atoms in total. The molecule has 0 aromatic carbocycles. The average Bonchev–Trinajstić information content (AvgIpc) is 2.27. The van der Waals surface area contributed by atoms with Gasteiger partial charge in [0, 0.05) is 12.1 Å². The standard InChI is InChI=1S/C14H20N2O2/c1-14(2)6-5-10(13(17)18)11(8-14)9-4-3-7-16-12(9)15/h3-4,7,10-11H,5-6,8H2,1-2H3,(H2,15,16)(H,17,18). The van der Waals surface area contributed by atoms with Gasteiger partial charge in [0.25, 0.3) is 0 Å². The van der Waals surface area contributed by atoms with Crippen LogP contribution in [-0.4, -0.2) is 16.1 Å². The summed E-state index contributed by atoms with van der Waals surface area (Å²) >= 11 is 0. The summed E-state index contributed by atoms with van der Waals surface area (Å²) < 4.78 is 0. The number of hydrogen-bond donors (Lipinski definition) is 2. The lowest BCUT2D eigenvalue weighted by molar-refractivity contribution is -0.144. The number of anilines is 1. The number of pyridine rings is 1. The van der Waals surface area contributed by atoms with Crippen molar-refractivity contribution in [1.82, 2.24) is 4.98 Å². The number of hydrogen-bond acceptors (Lipinski definition) is 3. The first kappa shape index (κ1) is 12.9. The maximum absolute atomic E-state index is 11.4. The Morgan fingerprint density at radius 2 is 2.28 bits per heavy atom. The Kier molecular flexibility index (Phi) is 3.28. The van der Waals surface area contributed by atoms with E-state index in [-0.39, 0.29) is 17.3 Å². The second-order valence-electron chi connectivity index (χ2n) is 5.94. The van der Waals surface area contributed by atoms with Gasteiger partial charge < -0.3 is 10.8 Å². The topological polar surface area (TPSA) is 76.2 Å². The van der Waals surface area contributed by atoms with Crippen LogP contribution in [0, 0.1) is 11.3 Å². The van der Waals surface area contributed by atoms with Crippen LogP contribution in [0.15, 0.2) is 18.3 Å². The van der Waals surface area contributed by atoms with Gasteiger partial charge in [0.05, 0.1) is 5.92 Å². The summed E-state index contributed by atoms with van der Waals surface area (Å²) in [6, 6.07) is 3.73. The molecule has 4 heteroatoms. The molecule has 1 fully saturated rings. The molecular formula is C14H20N2O2. The molecule has 98 valence electrons. The lowest BCUT2D eigenvalue weighted by atomic mass is 9.65. The van der Waals surface area contributed by atoms with E-state index in [9.17, 15) is 9.90 Å². The van der Waals surface area contributed by atoms with E-state index < -0.39 is 5.97 Å². The summed E-state index contributed by atoms with van der Waals surface area (Å²) in [7, 11) is 0. The van der Waals surface area contributed by atoms with Crippen LogP contribution in [0.5, 0.6) is 0 Å². The van der Waals surface area contributed by atoms with Crippen LogP contribution < -0.4 is 5.73 Å². The summed E-state index contributed by atoms with van der Waals surface area (Å²) in [5, 5.41) is 9.37. The monoisotopic (exact) mass is 248 g/mol. The minimum Gasteiger partial charge on any atom is -0.481 e. The second-order valence-corrected chi connectivity index (χ2v) is 5.94. The summed E-state index contributed by atoms with van der Waals surface area (Å²) in [4.78, 5) is 15.5. The Morgan fingerprint density at radius 3 is 2.89 bits per heavy atom. The molecule has 0 radical (unpaired) electrons. The van der Waals surface area contributed by atoms with Gasteiger partial charge in [0.1, 0.15) is 5.82 Å². The maximum atomic E-state index is 11.4. The largest absolute Gasteiger partial charge is 0.481 e. The first-order valence-corrected chi connectivity index (χ1v) is 6.34. The molecule has 1 aliphatic rings. The van der Waals surface area contributed by atoms with Gasteiger partial charge in [-0.2, -0.15) is 0 Å². The van der Waals surface area contributed by atoms with Gasteiger partial charge in [-0.15, -0.1) is 0 Å². The van der Waals surface area contributed by atoms with Crippen molar-refractivity contribution in [1.29, 1.82) is 0 Å². The number of aromatic nitrogens is 1. The lowest BCUT2D eigenvalue weighted by Crippen LogP contribution is -2.33. The molecule has 0 saturated heterocycles. The summed E-state index contributed by atoms with van der Waals surface area (Å²) in [6.45, 7) is 4.37. The van der Waals surface area contributed by atoms with Crippen molar-refractivity contribution in [3.8, 4) is 0 Å². The van der Waals surface area contributed by atoms with Crippen molar-refractivity contribution in [3.05, 3.63) is 23.9 Å². The summed E-state index contributed by atoms with van der Waals surface area (Å²) in [5.74, 6) is -0.630. The zero-order chi connectivity index (χ0) is 13.3. The maximum Gasteiger partial charge on any atom is 0.307 e. The molecular weight excluding hydrogens is 228 g/mol. The number of carboxylic acids is 1. The molecule has 0 aliphatic heterocycles. The Bertz CT molecular complexity index is 457. The number of carbonyl (C=O) groups is 1. The Balaban J connectivity index is 2.36. The van der Waals surface area contributed by atoms with E-state index in [0.29, 0.717) is 12.2 Å². The van der Waals surface area contributed by atoms with Gasteiger partial charge in [-0.3, -0.25) is 4.79 Å². The van der Waals surface area contributed by atoms with E-state index >= 15 is 0 Å². The highest BCUT2D eigenvalue weighted by molar-refractivity contribution is 5.72. The van der Waals surface area contributed by atoms with Gasteiger partial charge in [-0.25, -0.2) is 4.98 Å². The first-order chi connectivity index (χ1) is 8.41. The number of nitrogen functional groups attached to an aromatic ring is 1.